The largest absolute Gasteiger partial charge is 0.272 e. The minimum atomic E-state index is -0.259. The van der Waals surface area contributed by atoms with E-state index in [0.29, 0.717) is 5.56 Å². The van der Waals surface area contributed by atoms with Crippen molar-refractivity contribution in [1.29, 1.82) is 0 Å². The predicted octanol–water partition coefficient (Wildman–Crippen LogP) is 5.90. The molecule has 0 aliphatic heterocycles. The van der Waals surface area contributed by atoms with Gasteiger partial charge in [0.2, 0.25) is 0 Å². The summed E-state index contributed by atoms with van der Waals surface area (Å²) in [6.45, 7) is 8.22. The summed E-state index contributed by atoms with van der Waals surface area (Å²) in [7, 11) is 0. The molecule has 1 aromatic heterocycles. The first-order chi connectivity index (χ1) is 14.9. The number of benzene rings is 3. The number of rotatable bonds is 4. The number of amides is 1. The Hall–Kier alpha value is -3.79. The third-order valence-electron chi connectivity index (χ3n) is 5.41. The zero-order valence-corrected chi connectivity index (χ0v) is 18.2. The van der Waals surface area contributed by atoms with E-state index in [-0.39, 0.29) is 5.91 Å². The summed E-state index contributed by atoms with van der Waals surface area (Å²) in [4.78, 5) is 17.8. The van der Waals surface area contributed by atoms with Gasteiger partial charge in [-0.05, 0) is 51.0 Å². The molecule has 1 N–H and O–H groups in total. The maximum Gasteiger partial charge on any atom is 0.272 e. The topological polar surface area (TPSA) is 54.4 Å². The minimum Gasteiger partial charge on any atom is -0.267 e. The Kier molecular flexibility index (Phi) is 5.63. The first kappa shape index (κ1) is 20.5. The predicted molar refractivity (Wildman–Crippen MR) is 128 cm³/mol. The molecule has 0 atom stereocenters. The van der Waals surface area contributed by atoms with Crippen molar-refractivity contribution >= 4 is 23.0 Å². The number of nitrogens with zero attached hydrogens (tertiary/aromatic N) is 2. The van der Waals surface area contributed by atoms with Crippen molar-refractivity contribution in [2.45, 2.75) is 27.7 Å². The van der Waals surface area contributed by atoms with E-state index in [1.807, 2.05) is 75.4 Å². The minimum absolute atomic E-state index is 0.259. The first-order valence-electron chi connectivity index (χ1n) is 10.3. The molecule has 4 rings (SSSR count). The van der Waals surface area contributed by atoms with Crippen molar-refractivity contribution < 1.29 is 4.79 Å². The molecule has 4 aromatic rings. The maximum atomic E-state index is 13.1. The highest BCUT2D eigenvalue weighted by Crippen LogP contribution is 2.25. The molecule has 4 heteroatoms. The number of hydrazone groups is 1. The van der Waals surface area contributed by atoms with E-state index in [1.165, 1.54) is 11.1 Å². The monoisotopic (exact) mass is 407 g/mol. The number of hydrogen-bond acceptors (Lipinski definition) is 3. The van der Waals surface area contributed by atoms with Crippen LogP contribution in [0.1, 0.15) is 38.2 Å². The average Bonchev–Trinajstić information content (AvgIpc) is 2.75. The van der Waals surface area contributed by atoms with Gasteiger partial charge in [-0.25, -0.2) is 10.4 Å². The van der Waals surface area contributed by atoms with Gasteiger partial charge >= 0.3 is 0 Å². The maximum absolute atomic E-state index is 13.1. The fourth-order valence-electron chi connectivity index (χ4n) is 3.85. The zero-order chi connectivity index (χ0) is 22.0. The van der Waals surface area contributed by atoms with Crippen LogP contribution >= 0.6 is 0 Å². The molecule has 0 fully saturated rings. The number of nitrogens with one attached hydrogen (secondary N) is 1. The van der Waals surface area contributed by atoms with Crippen LogP contribution in [0.3, 0.4) is 0 Å². The lowest BCUT2D eigenvalue weighted by atomic mass is 10.0. The number of para-hydroxylation sites is 1. The van der Waals surface area contributed by atoms with Gasteiger partial charge in [0.15, 0.2) is 0 Å². The molecule has 0 saturated carbocycles. The number of carbonyl (C=O) groups excluding carboxylic acids is 1. The van der Waals surface area contributed by atoms with Gasteiger partial charge in [0.05, 0.1) is 23.0 Å². The van der Waals surface area contributed by atoms with Crippen molar-refractivity contribution in [3.05, 3.63) is 100 Å². The number of fused-ring (bicyclic) bond motifs is 1. The molecule has 0 radical (unpaired) electrons. The molecule has 1 heterocycles. The number of hydrogen-bond donors (Lipinski definition) is 1. The standard InChI is InChI=1S/C27H25N3O/c1-17-9-11-21(12-10-17)26-15-23(22-7-5-6-8-25(22)29-26)27(31)30-28-16-24-19(3)13-18(2)14-20(24)4/h5-16H,1-4H3,(H,30,31)/b28-16-. The molecule has 154 valence electrons. The molecule has 0 spiro atoms. The lowest BCUT2D eigenvalue weighted by molar-refractivity contribution is 0.0956. The van der Waals surface area contributed by atoms with Crippen LogP contribution in [0, 0.1) is 27.7 Å². The Labute approximate surface area is 182 Å². The van der Waals surface area contributed by atoms with Gasteiger partial charge in [0.25, 0.3) is 5.91 Å². The Balaban J connectivity index is 1.68. The Morgan fingerprint density at radius 2 is 1.55 bits per heavy atom. The van der Waals surface area contributed by atoms with Crippen LogP contribution in [0.15, 0.2) is 71.8 Å². The lowest BCUT2D eigenvalue weighted by Gasteiger charge is -2.10. The SMILES string of the molecule is Cc1ccc(-c2cc(C(=O)N/N=C\c3c(C)cc(C)cc3C)c3ccccc3n2)cc1. The van der Waals surface area contributed by atoms with E-state index in [9.17, 15) is 4.79 Å². The number of aryl methyl sites for hydroxylation is 4. The molecule has 3 aromatic carbocycles. The number of aromatic nitrogens is 1. The van der Waals surface area contributed by atoms with Gasteiger partial charge in [-0.3, -0.25) is 4.79 Å². The van der Waals surface area contributed by atoms with E-state index in [2.05, 4.69) is 29.6 Å². The van der Waals surface area contributed by atoms with Crippen LogP contribution in [0.4, 0.5) is 0 Å². The Bertz CT molecular complexity index is 1280. The van der Waals surface area contributed by atoms with Crippen LogP contribution in [0.25, 0.3) is 22.2 Å². The smallest absolute Gasteiger partial charge is 0.267 e. The second kappa shape index (κ2) is 8.52. The lowest BCUT2D eigenvalue weighted by Crippen LogP contribution is -2.18. The Morgan fingerprint density at radius 1 is 0.871 bits per heavy atom. The van der Waals surface area contributed by atoms with Crippen molar-refractivity contribution in [3.63, 3.8) is 0 Å². The van der Waals surface area contributed by atoms with Gasteiger partial charge in [-0.1, -0.05) is 65.7 Å². The highest BCUT2D eigenvalue weighted by molar-refractivity contribution is 6.07. The van der Waals surface area contributed by atoms with Crippen molar-refractivity contribution in [2.75, 3.05) is 0 Å². The van der Waals surface area contributed by atoms with Gasteiger partial charge in [0, 0.05) is 16.5 Å². The van der Waals surface area contributed by atoms with E-state index >= 15 is 0 Å². The molecule has 0 aliphatic carbocycles. The highest BCUT2D eigenvalue weighted by Gasteiger charge is 2.13. The molecule has 0 bridgehead atoms. The first-order valence-corrected chi connectivity index (χ1v) is 10.3. The Morgan fingerprint density at radius 3 is 2.26 bits per heavy atom. The van der Waals surface area contributed by atoms with E-state index in [1.54, 1.807) is 6.21 Å². The van der Waals surface area contributed by atoms with Gasteiger partial charge in [-0.15, -0.1) is 0 Å². The number of pyridine rings is 1. The summed E-state index contributed by atoms with van der Waals surface area (Å²) in [6, 6.07) is 21.9. The average molecular weight is 408 g/mol. The summed E-state index contributed by atoms with van der Waals surface area (Å²) in [5.74, 6) is -0.259. The fraction of sp³-hybridized carbons (Fsp3) is 0.148. The van der Waals surface area contributed by atoms with Crippen molar-refractivity contribution in [3.8, 4) is 11.3 Å². The second-order valence-electron chi connectivity index (χ2n) is 7.95. The summed E-state index contributed by atoms with van der Waals surface area (Å²) >= 11 is 0. The summed E-state index contributed by atoms with van der Waals surface area (Å²) in [5, 5.41) is 5.04. The molecule has 0 aliphatic rings. The molecular formula is C27H25N3O. The third kappa shape index (κ3) is 4.38. The van der Waals surface area contributed by atoms with Crippen LogP contribution < -0.4 is 5.43 Å². The van der Waals surface area contributed by atoms with Crippen LogP contribution in [0.5, 0.6) is 0 Å². The van der Waals surface area contributed by atoms with Gasteiger partial charge < -0.3 is 0 Å². The van der Waals surface area contributed by atoms with E-state index < -0.39 is 0 Å². The third-order valence-corrected chi connectivity index (χ3v) is 5.41. The summed E-state index contributed by atoms with van der Waals surface area (Å²) in [6.07, 6.45) is 1.71. The van der Waals surface area contributed by atoms with E-state index in [0.717, 1.165) is 38.9 Å². The molecule has 1 amide bonds. The summed E-state index contributed by atoms with van der Waals surface area (Å²) < 4.78 is 0. The molecular weight excluding hydrogens is 382 g/mol. The molecule has 0 unspecified atom stereocenters. The highest BCUT2D eigenvalue weighted by atomic mass is 16.2. The van der Waals surface area contributed by atoms with E-state index in [4.69, 9.17) is 4.98 Å². The van der Waals surface area contributed by atoms with Crippen molar-refractivity contribution in [1.82, 2.24) is 10.4 Å². The van der Waals surface area contributed by atoms with Gasteiger partial charge in [0.1, 0.15) is 0 Å². The van der Waals surface area contributed by atoms with Crippen LogP contribution in [0.2, 0.25) is 0 Å². The number of carbonyl (C=O) groups is 1. The summed E-state index contributed by atoms with van der Waals surface area (Å²) in [5.41, 5.74) is 11.4. The van der Waals surface area contributed by atoms with Crippen molar-refractivity contribution in [2.24, 2.45) is 5.10 Å². The van der Waals surface area contributed by atoms with Gasteiger partial charge in [-0.2, -0.15) is 5.10 Å². The van der Waals surface area contributed by atoms with Crippen LogP contribution in [-0.4, -0.2) is 17.1 Å². The van der Waals surface area contributed by atoms with Crippen LogP contribution in [-0.2, 0) is 0 Å². The second-order valence-corrected chi connectivity index (χ2v) is 7.95. The zero-order valence-electron chi connectivity index (χ0n) is 18.2. The quantitative estimate of drug-likeness (QED) is 0.338. The molecule has 4 nitrogen and oxygen atoms in total. The molecule has 0 saturated heterocycles. The fourth-order valence-corrected chi connectivity index (χ4v) is 3.85. The normalized spacial score (nSPS) is 11.2. The molecule has 31 heavy (non-hydrogen) atoms.